The first kappa shape index (κ1) is 34.8. The molecule has 11 rings (SSSR count). The first-order chi connectivity index (χ1) is 29.0. The zero-order valence-corrected chi connectivity index (χ0v) is 33.2. The van der Waals surface area contributed by atoms with E-state index in [1.165, 1.54) is 83.8 Å². The summed E-state index contributed by atoms with van der Waals surface area (Å²) in [6, 6.07) is 79.9. The van der Waals surface area contributed by atoms with Crippen LogP contribution in [0.2, 0.25) is 0 Å². The van der Waals surface area contributed by atoms with Crippen molar-refractivity contribution in [2.45, 2.75) is 19.3 Å². The van der Waals surface area contributed by atoms with Gasteiger partial charge >= 0.3 is 0 Å². The van der Waals surface area contributed by atoms with Crippen LogP contribution in [-0.2, 0) is 5.41 Å². The lowest BCUT2D eigenvalue weighted by Gasteiger charge is -2.29. The van der Waals surface area contributed by atoms with Crippen LogP contribution in [0.25, 0.3) is 55.6 Å². The molecule has 0 saturated carbocycles. The average Bonchev–Trinajstić information content (AvgIpc) is 3.46. The van der Waals surface area contributed by atoms with Crippen molar-refractivity contribution >= 4 is 34.1 Å². The highest BCUT2D eigenvalue weighted by Gasteiger charge is 2.37. The molecule has 0 radical (unpaired) electrons. The molecule has 0 aromatic heterocycles. The summed E-state index contributed by atoms with van der Waals surface area (Å²) < 4.78 is 0. The molecule has 0 fully saturated rings. The van der Waals surface area contributed by atoms with Crippen LogP contribution in [0.15, 0.2) is 218 Å². The van der Waals surface area contributed by atoms with Gasteiger partial charge in [-0.05, 0) is 111 Å². The zero-order chi connectivity index (χ0) is 39.5. The van der Waals surface area contributed by atoms with Crippen LogP contribution in [0.5, 0.6) is 0 Å². The number of hydrogen-bond acceptors (Lipinski definition) is 2. The van der Waals surface area contributed by atoms with E-state index < -0.39 is 0 Å². The number of anilines is 6. The molecular formula is C57H42N2. The van der Waals surface area contributed by atoms with E-state index in [0.29, 0.717) is 0 Å². The number of hydrogen-bond donors (Lipinski definition) is 0. The molecule has 1 aliphatic carbocycles. The van der Waals surface area contributed by atoms with Gasteiger partial charge in [0.1, 0.15) is 0 Å². The van der Waals surface area contributed by atoms with E-state index in [9.17, 15) is 0 Å². The van der Waals surface area contributed by atoms with Gasteiger partial charge in [0, 0.05) is 39.2 Å². The van der Waals surface area contributed by atoms with Gasteiger partial charge in [-0.15, -0.1) is 0 Å². The monoisotopic (exact) mass is 754 g/mol. The predicted molar refractivity (Wildman–Crippen MR) is 249 cm³/mol. The van der Waals surface area contributed by atoms with E-state index >= 15 is 0 Å². The second-order valence-corrected chi connectivity index (χ2v) is 16.1. The third-order valence-electron chi connectivity index (χ3n) is 12.4. The van der Waals surface area contributed by atoms with E-state index in [-0.39, 0.29) is 5.41 Å². The Morgan fingerprint density at radius 1 is 0.356 bits per heavy atom. The van der Waals surface area contributed by atoms with E-state index in [2.05, 4.69) is 242 Å². The van der Waals surface area contributed by atoms with Crippen LogP contribution >= 0.6 is 0 Å². The maximum absolute atomic E-state index is 2.44. The van der Waals surface area contributed by atoms with Crippen molar-refractivity contribution in [3.63, 3.8) is 0 Å². The Labute approximate surface area is 346 Å². The molecule has 1 aliphatic heterocycles. The topological polar surface area (TPSA) is 6.48 Å². The molecule has 0 atom stereocenters. The quantitative estimate of drug-likeness (QED) is 0.167. The van der Waals surface area contributed by atoms with Gasteiger partial charge in [0.25, 0.3) is 0 Å². The Morgan fingerprint density at radius 3 is 1.54 bits per heavy atom. The molecule has 1 heterocycles. The molecule has 59 heavy (non-hydrogen) atoms. The van der Waals surface area contributed by atoms with Crippen LogP contribution in [-0.4, -0.2) is 0 Å². The predicted octanol–water partition coefficient (Wildman–Crippen LogP) is 15.9. The summed E-state index contributed by atoms with van der Waals surface area (Å²) in [5.74, 6) is 0. The smallest absolute Gasteiger partial charge is 0.0543 e. The van der Waals surface area contributed by atoms with Crippen LogP contribution in [0.3, 0.4) is 0 Å². The lowest BCUT2D eigenvalue weighted by Crippen LogP contribution is -2.16. The first-order valence-corrected chi connectivity index (χ1v) is 20.5. The van der Waals surface area contributed by atoms with Crippen LogP contribution < -0.4 is 9.80 Å². The normalized spacial score (nSPS) is 13.0. The Hall–Kier alpha value is -7.42. The Balaban J connectivity index is 1.05. The van der Waals surface area contributed by atoms with Crippen LogP contribution in [0, 0.1) is 0 Å². The third kappa shape index (κ3) is 5.71. The van der Waals surface area contributed by atoms with Crippen LogP contribution in [0.1, 0.15) is 25.0 Å². The minimum atomic E-state index is -0.101. The fourth-order valence-electron chi connectivity index (χ4n) is 9.55. The van der Waals surface area contributed by atoms with Crippen molar-refractivity contribution in [1.29, 1.82) is 0 Å². The van der Waals surface area contributed by atoms with Crippen molar-refractivity contribution in [3.8, 4) is 55.6 Å². The summed E-state index contributed by atoms with van der Waals surface area (Å²) in [4.78, 5) is 4.86. The Kier molecular flexibility index (Phi) is 8.20. The third-order valence-corrected chi connectivity index (χ3v) is 12.4. The molecule has 9 aromatic carbocycles. The summed E-state index contributed by atoms with van der Waals surface area (Å²) in [5, 5.41) is 0. The van der Waals surface area contributed by atoms with Gasteiger partial charge in [0.2, 0.25) is 0 Å². The molecule has 0 N–H and O–H groups in total. The number of para-hydroxylation sites is 2. The summed E-state index contributed by atoms with van der Waals surface area (Å²) in [7, 11) is 0. The minimum Gasteiger partial charge on any atom is -0.310 e. The lowest BCUT2D eigenvalue weighted by atomic mass is 9.82. The highest BCUT2D eigenvalue weighted by molar-refractivity contribution is 6.03. The maximum Gasteiger partial charge on any atom is 0.0543 e. The number of fused-ring (bicyclic) bond motifs is 8. The van der Waals surface area contributed by atoms with Gasteiger partial charge in [-0.1, -0.05) is 172 Å². The summed E-state index contributed by atoms with van der Waals surface area (Å²) >= 11 is 0. The van der Waals surface area contributed by atoms with Crippen molar-refractivity contribution < 1.29 is 0 Å². The summed E-state index contributed by atoms with van der Waals surface area (Å²) in [5.41, 5.74) is 21.8. The number of nitrogens with zero attached hydrogens (tertiary/aromatic N) is 2. The molecule has 0 unspecified atom stereocenters. The summed E-state index contributed by atoms with van der Waals surface area (Å²) in [6.07, 6.45) is 0. The molecule has 0 saturated heterocycles. The Morgan fingerprint density at radius 2 is 0.847 bits per heavy atom. The molecule has 9 aromatic rings. The van der Waals surface area contributed by atoms with E-state index in [1.807, 2.05) is 0 Å². The van der Waals surface area contributed by atoms with Gasteiger partial charge in [-0.25, -0.2) is 0 Å². The van der Waals surface area contributed by atoms with Crippen molar-refractivity contribution in [3.05, 3.63) is 230 Å². The average molecular weight is 755 g/mol. The van der Waals surface area contributed by atoms with E-state index in [4.69, 9.17) is 0 Å². The van der Waals surface area contributed by atoms with Crippen molar-refractivity contribution in [2.75, 3.05) is 9.80 Å². The van der Waals surface area contributed by atoms with Crippen molar-refractivity contribution in [1.82, 2.24) is 0 Å². The fraction of sp³-hybridized carbons (Fsp3) is 0.0526. The SMILES string of the molecule is CC1(C)c2ccccc2-c2c(N(c3ccc(-c4ccccc4)cc3)c3ccc(-c4ccc5c(c4)-c4ccccc4-c4ccccc4N5c4ccccc4)cc3)cccc21. The standard InChI is InChI=1S/C57H42N2/c1-57(2)51-24-13-11-23-49(51)56-52(57)25-15-27-55(56)58(44-33-28-40(29-34-44)39-16-5-3-6-17-39)45-35-30-41(31-36-45)42-32-37-54-50(38-42)47-21-10-9-20-46(47)48-22-12-14-26-53(48)59(54)43-18-7-4-8-19-43/h3-38H,1-2H3. The highest BCUT2D eigenvalue weighted by atomic mass is 15.2. The molecule has 2 heteroatoms. The van der Waals surface area contributed by atoms with Gasteiger partial charge in [-0.2, -0.15) is 0 Å². The van der Waals surface area contributed by atoms with E-state index in [0.717, 1.165) is 17.1 Å². The first-order valence-electron chi connectivity index (χ1n) is 20.5. The molecule has 2 aliphatic rings. The second kappa shape index (κ2) is 13.9. The lowest BCUT2D eigenvalue weighted by molar-refractivity contribution is 0.660. The second-order valence-electron chi connectivity index (χ2n) is 16.1. The van der Waals surface area contributed by atoms with E-state index in [1.54, 1.807) is 0 Å². The van der Waals surface area contributed by atoms with Crippen molar-refractivity contribution in [2.24, 2.45) is 0 Å². The molecule has 280 valence electrons. The van der Waals surface area contributed by atoms with Gasteiger partial charge in [0.05, 0.1) is 17.1 Å². The van der Waals surface area contributed by atoms with Gasteiger partial charge in [0.15, 0.2) is 0 Å². The number of benzene rings is 9. The maximum atomic E-state index is 2.44. The van der Waals surface area contributed by atoms with Gasteiger partial charge in [-0.3, -0.25) is 0 Å². The largest absolute Gasteiger partial charge is 0.310 e. The highest BCUT2D eigenvalue weighted by Crippen LogP contribution is 2.55. The molecule has 2 nitrogen and oxygen atoms in total. The molecule has 0 spiro atoms. The van der Waals surface area contributed by atoms with Crippen LogP contribution in [0.4, 0.5) is 34.1 Å². The molecule has 0 bridgehead atoms. The minimum absolute atomic E-state index is 0.101. The molecular weight excluding hydrogens is 713 g/mol. The fourth-order valence-corrected chi connectivity index (χ4v) is 9.55. The van der Waals surface area contributed by atoms with Gasteiger partial charge < -0.3 is 9.80 Å². The number of rotatable bonds is 6. The summed E-state index contributed by atoms with van der Waals surface area (Å²) in [6.45, 7) is 4.71. The molecule has 0 amide bonds. The zero-order valence-electron chi connectivity index (χ0n) is 33.2. The Bertz CT molecular complexity index is 3000.